The van der Waals surface area contributed by atoms with Gasteiger partial charge in [0.2, 0.25) is 6.33 Å². The Bertz CT molecular complexity index is 794. The summed E-state index contributed by atoms with van der Waals surface area (Å²) in [7, 11) is -3.67. The molecule has 2 heterocycles. The molecule has 0 aliphatic carbocycles. The van der Waals surface area contributed by atoms with Crippen LogP contribution in [0.15, 0.2) is 67.0 Å². The summed E-state index contributed by atoms with van der Waals surface area (Å²) >= 11 is 0. The Labute approximate surface area is 149 Å². The Morgan fingerprint density at radius 2 is 1.58 bits per heavy atom. The normalized spacial score (nSPS) is 14.7. The van der Waals surface area contributed by atoms with E-state index in [1.54, 1.807) is 0 Å². The Morgan fingerprint density at radius 3 is 2.19 bits per heavy atom. The lowest BCUT2D eigenvalue weighted by molar-refractivity contribution is -0.716. The first-order chi connectivity index (χ1) is 12.1. The topological polar surface area (TPSA) is 21.7 Å². The summed E-state index contributed by atoms with van der Waals surface area (Å²) in [5, 5.41) is 4.73. The van der Waals surface area contributed by atoms with Gasteiger partial charge in [-0.05, 0) is 24.1 Å². The Balaban J connectivity index is 0.000000444. The molecule has 3 aromatic rings. The number of fused-ring (bicyclic) bond motifs is 1. The predicted molar refractivity (Wildman–Crippen MR) is 90.3 cm³/mol. The van der Waals surface area contributed by atoms with Crippen LogP contribution in [0.2, 0.25) is 0 Å². The molecule has 0 unspecified atom stereocenters. The molecule has 0 N–H and O–H groups in total. The van der Waals surface area contributed by atoms with Crippen molar-refractivity contribution in [3.8, 4) is 5.69 Å². The summed E-state index contributed by atoms with van der Waals surface area (Å²) in [6, 6.07) is 21.6. The average molecular weight is 363 g/mol. The lowest BCUT2D eigenvalue weighted by Gasteiger charge is -2.08. The summed E-state index contributed by atoms with van der Waals surface area (Å²) in [4.78, 5) is 0. The summed E-state index contributed by atoms with van der Waals surface area (Å²) in [5.74, 6) is 1.19. The van der Waals surface area contributed by atoms with Gasteiger partial charge in [0.1, 0.15) is 5.69 Å². The molecule has 0 spiro atoms. The highest BCUT2D eigenvalue weighted by molar-refractivity contribution is 6.33. The first-order valence-electron chi connectivity index (χ1n) is 8.15. The van der Waals surface area contributed by atoms with Crippen molar-refractivity contribution in [3.63, 3.8) is 0 Å². The maximum atomic E-state index is 9.67. The van der Waals surface area contributed by atoms with Crippen molar-refractivity contribution in [1.29, 1.82) is 0 Å². The zero-order valence-electron chi connectivity index (χ0n) is 14.0. The molecule has 4 rings (SSSR count). The minimum atomic E-state index is -3.67. The fraction of sp³-hybridized carbons (Fsp3) is 0.222. The molecule has 0 bridgehead atoms. The van der Waals surface area contributed by atoms with Gasteiger partial charge < -0.3 is 4.70 Å². The first-order valence-corrected chi connectivity index (χ1v) is 8.15. The van der Waals surface area contributed by atoms with Gasteiger partial charge in [0, 0.05) is 17.9 Å². The van der Waals surface area contributed by atoms with Gasteiger partial charge in [-0.15, -0.1) is 0 Å². The molecule has 0 saturated carbocycles. The monoisotopic (exact) mass is 363 g/mol. The van der Waals surface area contributed by atoms with Crippen LogP contribution in [0.3, 0.4) is 0 Å². The maximum Gasteiger partial charge on any atom is 0.762 e. The molecule has 3 nitrogen and oxygen atoms in total. The largest absolute Gasteiger partial charge is 1.00 e. The van der Waals surface area contributed by atoms with Crippen LogP contribution < -0.4 is 9.27 Å². The van der Waals surface area contributed by atoms with Crippen molar-refractivity contribution in [2.45, 2.75) is 25.3 Å². The summed E-state index contributed by atoms with van der Waals surface area (Å²) in [6.45, 7) is 0. The molecule has 0 saturated heterocycles. The molecule has 1 aliphatic heterocycles. The van der Waals surface area contributed by atoms with Gasteiger partial charge in [-0.1, -0.05) is 53.2 Å². The summed E-state index contributed by atoms with van der Waals surface area (Å²) in [5.41, 5.74) is 2.52. The molecule has 2 aromatic carbocycles. The molecule has 8 heteroatoms. The molecule has 0 fully saturated rings. The molecule has 1 atom stereocenters. The number of aromatic nitrogens is 3. The van der Waals surface area contributed by atoms with Crippen molar-refractivity contribution >= 4 is 7.54 Å². The van der Waals surface area contributed by atoms with E-state index >= 15 is 0 Å². The minimum Gasteiger partial charge on any atom is -1.00 e. The minimum absolute atomic E-state index is 0. The molecule has 0 radical (unpaired) electrons. The van der Waals surface area contributed by atoms with Gasteiger partial charge in [0.05, 0.1) is 6.04 Å². The Hall–Kier alpha value is -2.64. The van der Waals surface area contributed by atoms with Gasteiger partial charge in [-0.25, -0.2) is 4.57 Å². The smallest absolute Gasteiger partial charge is 0.762 e. The van der Waals surface area contributed by atoms with Crippen LogP contribution in [0.1, 0.15) is 23.9 Å². The number of benzene rings is 2. The third-order valence-corrected chi connectivity index (χ3v) is 4.18. The van der Waals surface area contributed by atoms with Crippen LogP contribution in [0.25, 0.3) is 5.69 Å². The van der Waals surface area contributed by atoms with E-state index < -0.39 is 7.54 Å². The predicted octanol–water partition coefficient (Wildman–Crippen LogP) is 0.774. The van der Waals surface area contributed by atoms with E-state index in [-0.39, 0.29) is 4.70 Å². The third-order valence-electron chi connectivity index (χ3n) is 4.18. The van der Waals surface area contributed by atoms with Crippen LogP contribution in [0.4, 0.5) is 12.9 Å². The van der Waals surface area contributed by atoms with E-state index in [1.165, 1.54) is 17.8 Å². The quantitative estimate of drug-likeness (QED) is 0.383. The zero-order chi connectivity index (χ0) is 17.6. The molecular weight excluding hydrogens is 345 g/mol. The highest BCUT2D eigenvalue weighted by atomic mass is 19.4. The van der Waals surface area contributed by atoms with Crippen LogP contribution in [0, 0.1) is 0 Å². The van der Waals surface area contributed by atoms with Gasteiger partial charge in [-0.3, -0.25) is 12.9 Å². The summed E-state index contributed by atoms with van der Waals surface area (Å²) in [6.07, 6.45) is 5.48. The fourth-order valence-electron chi connectivity index (χ4n) is 3.10. The van der Waals surface area contributed by atoms with E-state index in [0.29, 0.717) is 6.04 Å². The van der Waals surface area contributed by atoms with Crippen molar-refractivity contribution in [3.05, 3.63) is 78.4 Å². The third kappa shape index (κ3) is 4.94. The molecular formula is C18H18BF4N3. The van der Waals surface area contributed by atoms with Crippen molar-refractivity contribution in [2.24, 2.45) is 0 Å². The highest BCUT2D eigenvalue weighted by Gasteiger charge is 2.31. The average Bonchev–Trinajstić information content (AvgIpc) is 3.18. The zero-order valence-corrected chi connectivity index (χ0v) is 14.0. The van der Waals surface area contributed by atoms with Gasteiger partial charge in [0.15, 0.2) is 0 Å². The van der Waals surface area contributed by atoms with E-state index in [1.807, 2.05) is 22.9 Å². The number of hydrogen-bond acceptors (Lipinski definition) is 1. The maximum absolute atomic E-state index is 9.67. The molecule has 26 heavy (non-hydrogen) atoms. The number of hydrogen-bond donors (Lipinski definition) is 0. The van der Waals surface area contributed by atoms with Crippen molar-refractivity contribution < 1.29 is 22.2 Å². The van der Waals surface area contributed by atoms with Gasteiger partial charge >= 0.3 is 7.54 Å². The number of nitrogens with zero attached hydrogens (tertiary/aromatic N) is 3. The fourth-order valence-corrected chi connectivity index (χ4v) is 3.10. The van der Waals surface area contributed by atoms with Gasteiger partial charge in [0.25, 0.3) is 5.82 Å². The molecule has 1 aromatic heterocycles. The second-order valence-corrected chi connectivity index (χ2v) is 5.85. The van der Waals surface area contributed by atoms with E-state index in [0.717, 1.165) is 18.5 Å². The van der Waals surface area contributed by atoms with E-state index in [9.17, 15) is 12.9 Å². The highest BCUT2D eigenvalue weighted by Crippen LogP contribution is 2.21. The van der Waals surface area contributed by atoms with Crippen LogP contribution >= 0.6 is 0 Å². The molecule has 1 aliphatic rings. The number of rotatable bonds is 3. The lowest BCUT2D eigenvalue weighted by Crippen LogP contribution is -3.00. The van der Waals surface area contributed by atoms with Crippen molar-refractivity contribution in [1.82, 2.24) is 9.78 Å². The molecule has 0 amide bonds. The van der Waals surface area contributed by atoms with E-state index in [2.05, 4.69) is 53.4 Å². The van der Waals surface area contributed by atoms with Crippen molar-refractivity contribution in [2.75, 3.05) is 0 Å². The number of halogens is 4. The first kappa shape index (κ1) is 19.7. The Kier molecular flexibility index (Phi) is 6.94. The van der Waals surface area contributed by atoms with Crippen LogP contribution in [0.5, 0.6) is 0 Å². The van der Waals surface area contributed by atoms with Gasteiger partial charge in [-0.2, -0.15) is 0 Å². The van der Waals surface area contributed by atoms with Crippen LogP contribution in [-0.2, 0) is 12.8 Å². The second-order valence-electron chi connectivity index (χ2n) is 5.85. The molecule has 136 valence electrons. The second kappa shape index (κ2) is 9.17. The number of aryl methyl sites for hydroxylation is 1. The SMILES string of the molecule is FB(F)F.[F-].c1ccc(C[C@H]2CCc3nn(-c4ccccc4)c[n+]32)cc1. The standard InChI is InChI=1S/C18H18N3.BF3.FH/c1-3-7-15(8-4-1)13-17-11-12-18-19-21(14-20(17)18)16-9-5-2-6-10-16;2-1(3)4;/h1-10,14,17H,11-13H2;;1H/q+1;;/p-1/t17-;;/m1../s1. The number of para-hydroxylation sites is 1. The Morgan fingerprint density at radius 1 is 1.00 bits per heavy atom. The van der Waals surface area contributed by atoms with Crippen LogP contribution in [-0.4, -0.2) is 17.3 Å². The lowest BCUT2D eigenvalue weighted by atomic mass is 10.0. The van der Waals surface area contributed by atoms with E-state index in [4.69, 9.17) is 5.10 Å². The summed E-state index contributed by atoms with van der Waals surface area (Å²) < 4.78 is 33.3.